The van der Waals surface area contributed by atoms with E-state index < -0.39 is 34.1 Å². The molecule has 0 bridgehead atoms. The smallest absolute Gasteiger partial charge is 0.264 e. The minimum atomic E-state index is -4.16. The van der Waals surface area contributed by atoms with Gasteiger partial charge in [0.05, 0.1) is 10.6 Å². The summed E-state index contributed by atoms with van der Waals surface area (Å²) in [5, 5.41) is 3.04. The van der Waals surface area contributed by atoms with Gasteiger partial charge in [0.15, 0.2) is 0 Å². The predicted molar refractivity (Wildman–Crippen MR) is 186 cm³/mol. The molecule has 0 aliphatic rings. The third-order valence-corrected chi connectivity index (χ3v) is 9.88. The Hall–Kier alpha value is -3.47. The maximum atomic E-state index is 14.5. The zero-order valence-corrected chi connectivity index (χ0v) is 29.7. The number of hydrogen-bond donors (Lipinski definition) is 1. The maximum Gasteiger partial charge on any atom is 0.264 e. The van der Waals surface area contributed by atoms with Gasteiger partial charge in [0, 0.05) is 27.4 Å². The summed E-state index contributed by atoms with van der Waals surface area (Å²) in [7, 11) is -4.16. The molecule has 10 heteroatoms. The first-order chi connectivity index (χ1) is 21.2. The first-order valence-electron chi connectivity index (χ1n) is 14.5. The van der Waals surface area contributed by atoms with Crippen LogP contribution in [0.5, 0.6) is 0 Å². The average molecular weight is 756 g/mol. The van der Waals surface area contributed by atoms with Gasteiger partial charge in [-0.1, -0.05) is 92.0 Å². The van der Waals surface area contributed by atoms with E-state index >= 15 is 0 Å². The van der Waals surface area contributed by atoms with Crippen molar-refractivity contribution in [3.63, 3.8) is 0 Å². The number of carbonyl (C=O) groups excluding carboxylic acids is 2. The zero-order valence-electron chi connectivity index (χ0n) is 25.7. The van der Waals surface area contributed by atoms with Crippen LogP contribution >= 0.6 is 31.9 Å². The molecule has 0 spiro atoms. The molecule has 0 radical (unpaired) electrons. The predicted octanol–water partition coefficient (Wildman–Crippen LogP) is 7.27. The number of anilines is 1. The molecule has 0 fully saturated rings. The van der Waals surface area contributed by atoms with Crippen LogP contribution in [0.25, 0.3) is 0 Å². The van der Waals surface area contributed by atoms with E-state index in [0.29, 0.717) is 5.69 Å². The Balaban J connectivity index is 1.81. The summed E-state index contributed by atoms with van der Waals surface area (Å²) < 4.78 is 31.0. The van der Waals surface area contributed by atoms with Gasteiger partial charge in [-0.2, -0.15) is 0 Å². The van der Waals surface area contributed by atoms with Crippen molar-refractivity contribution in [1.82, 2.24) is 10.2 Å². The number of aryl methyl sites for hydroxylation is 1. The Morgan fingerprint density at radius 2 is 1.33 bits per heavy atom. The van der Waals surface area contributed by atoms with E-state index in [1.165, 1.54) is 17.0 Å². The van der Waals surface area contributed by atoms with E-state index in [-0.39, 0.29) is 23.8 Å². The fraction of sp³-hybridized carbons (Fsp3) is 0.257. The first kappa shape index (κ1) is 34.4. The molecule has 0 aromatic heterocycles. The maximum absolute atomic E-state index is 14.5. The number of rotatable bonds is 11. The second-order valence-corrected chi connectivity index (χ2v) is 15.6. The average Bonchev–Trinajstić information content (AvgIpc) is 2.99. The molecule has 1 N–H and O–H groups in total. The molecule has 1 atom stereocenters. The lowest BCUT2D eigenvalue weighted by molar-refractivity contribution is -0.140. The number of sulfonamides is 1. The van der Waals surface area contributed by atoms with Gasteiger partial charge in [-0.3, -0.25) is 13.9 Å². The molecule has 0 aliphatic heterocycles. The van der Waals surface area contributed by atoms with Crippen molar-refractivity contribution in [2.24, 2.45) is 0 Å². The largest absolute Gasteiger partial charge is 0.350 e. The highest BCUT2D eigenvalue weighted by molar-refractivity contribution is 9.10. The van der Waals surface area contributed by atoms with Crippen molar-refractivity contribution >= 4 is 59.4 Å². The molecule has 4 rings (SSSR count). The molecule has 7 nitrogen and oxygen atoms in total. The number of halogens is 2. The molecule has 0 saturated heterocycles. The Kier molecular flexibility index (Phi) is 11.3. The highest BCUT2D eigenvalue weighted by Crippen LogP contribution is 2.27. The summed E-state index contributed by atoms with van der Waals surface area (Å²) >= 11 is 6.87. The lowest BCUT2D eigenvalue weighted by Crippen LogP contribution is -2.56. The fourth-order valence-electron chi connectivity index (χ4n) is 4.77. The Morgan fingerprint density at radius 1 is 0.778 bits per heavy atom. The highest BCUT2D eigenvalue weighted by Gasteiger charge is 2.35. The molecule has 236 valence electrons. The van der Waals surface area contributed by atoms with Crippen LogP contribution in [-0.2, 0) is 32.6 Å². The summed E-state index contributed by atoms with van der Waals surface area (Å²) in [6.07, 6.45) is 0.244. The molecule has 2 amide bonds. The minimum Gasteiger partial charge on any atom is -0.350 e. The van der Waals surface area contributed by atoms with Crippen molar-refractivity contribution in [1.29, 1.82) is 0 Å². The fourth-order valence-corrected chi connectivity index (χ4v) is 6.71. The number of hydrogen-bond acceptors (Lipinski definition) is 4. The van der Waals surface area contributed by atoms with Gasteiger partial charge >= 0.3 is 0 Å². The molecule has 1 unspecified atom stereocenters. The van der Waals surface area contributed by atoms with Crippen LogP contribution in [0.3, 0.4) is 0 Å². The van der Waals surface area contributed by atoms with Gasteiger partial charge < -0.3 is 10.2 Å². The van der Waals surface area contributed by atoms with E-state index in [9.17, 15) is 18.0 Å². The first-order valence-corrected chi connectivity index (χ1v) is 17.5. The van der Waals surface area contributed by atoms with Crippen LogP contribution in [0.4, 0.5) is 5.69 Å². The van der Waals surface area contributed by atoms with Crippen molar-refractivity contribution in [3.8, 4) is 0 Å². The summed E-state index contributed by atoms with van der Waals surface area (Å²) in [6.45, 7) is 7.11. The molecule has 0 aliphatic carbocycles. The van der Waals surface area contributed by atoms with E-state index in [0.717, 1.165) is 29.9 Å². The second kappa shape index (κ2) is 14.7. The van der Waals surface area contributed by atoms with Gasteiger partial charge in [-0.15, -0.1) is 0 Å². The van der Waals surface area contributed by atoms with Crippen LogP contribution in [0.15, 0.2) is 117 Å². The van der Waals surface area contributed by atoms with Crippen molar-refractivity contribution in [2.45, 2.75) is 57.1 Å². The molecule has 4 aromatic carbocycles. The topological polar surface area (TPSA) is 86.8 Å². The summed E-state index contributed by atoms with van der Waals surface area (Å²) in [5.74, 6) is -0.838. The Labute approximate surface area is 283 Å². The van der Waals surface area contributed by atoms with E-state index in [1.54, 1.807) is 36.4 Å². The lowest BCUT2D eigenvalue weighted by atomic mass is 10.0. The van der Waals surface area contributed by atoms with Crippen LogP contribution in [0.2, 0.25) is 0 Å². The summed E-state index contributed by atoms with van der Waals surface area (Å²) in [4.78, 5) is 30.0. The highest BCUT2D eigenvalue weighted by atomic mass is 79.9. The third-order valence-electron chi connectivity index (χ3n) is 7.04. The van der Waals surface area contributed by atoms with Gasteiger partial charge in [0.2, 0.25) is 11.8 Å². The number of amides is 2. The summed E-state index contributed by atoms with van der Waals surface area (Å²) in [5.41, 5.74) is 2.35. The standard InChI is InChI=1S/C35H37Br2N3O4S/c1-25-10-20-31(21-11-25)45(43,44)40(30-18-16-29(37)17-19-30)24-33(41)39(23-27-12-14-28(36)15-13-27)32(34(42)38-35(2,3)4)22-26-8-6-5-7-9-26/h5-21,32H,22-24H2,1-4H3,(H,38,42). The third kappa shape index (κ3) is 9.51. The van der Waals surface area contributed by atoms with E-state index in [4.69, 9.17) is 0 Å². The van der Waals surface area contributed by atoms with Gasteiger partial charge in [0.1, 0.15) is 12.6 Å². The Morgan fingerprint density at radius 3 is 1.89 bits per heavy atom. The van der Waals surface area contributed by atoms with Crippen LogP contribution < -0.4 is 9.62 Å². The number of nitrogens with one attached hydrogen (secondary N) is 1. The molecule has 4 aromatic rings. The van der Waals surface area contributed by atoms with Gasteiger partial charge in [-0.05, 0) is 87.4 Å². The molecular weight excluding hydrogens is 718 g/mol. The van der Waals surface area contributed by atoms with Crippen molar-refractivity contribution < 1.29 is 18.0 Å². The number of nitrogens with zero attached hydrogens (tertiary/aromatic N) is 2. The summed E-state index contributed by atoms with van der Waals surface area (Å²) in [6, 6.07) is 29.3. The van der Waals surface area contributed by atoms with Crippen molar-refractivity contribution in [3.05, 3.63) is 129 Å². The molecular formula is C35H37Br2N3O4S. The van der Waals surface area contributed by atoms with Gasteiger partial charge in [0.25, 0.3) is 10.0 Å². The SMILES string of the molecule is Cc1ccc(S(=O)(=O)N(CC(=O)N(Cc2ccc(Br)cc2)C(Cc2ccccc2)C(=O)NC(C)(C)C)c2ccc(Br)cc2)cc1. The van der Waals surface area contributed by atoms with Crippen LogP contribution in [-0.4, -0.2) is 43.3 Å². The minimum absolute atomic E-state index is 0.0644. The number of benzene rings is 4. The normalized spacial score (nSPS) is 12.3. The number of carbonyl (C=O) groups is 2. The molecule has 0 saturated carbocycles. The zero-order chi connectivity index (χ0) is 32.8. The quantitative estimate of drug-likeness (QED) is 0.175. The van der Waals surface area contributed by atoms with E-state index in [2.05, 4.69) is 37.2 Å². The lowest BCUT2D eigenvalue weighted by Gasteiger charge is -2.35. The van der Waals surface area contributed by atoms with Crippen LogP contribution in [0.1, 0.15) is 37.5 Å². The molecule has 0 heterocycles. The van der Waals surface area contributed by atoms with Crippen molar-refractivity contribution in [2.75, 3.05) is 10.8 Å². The Bertz CT molecular complexity index is 1710. The van der Waals surface area contributed by atoms with Gasteiger partial charge in [-0.25, -0.2) is 8.42 Å². The monoisotopic (exact) mass is 753 g/mol. The molecule has 45 heavy (non-hydrogen) atoms. The van der Waals surface area contributed by atoms with Crippen LogP contribution in [0, 0.1) is 6.92 Å². The second-order valence-electron chi connectivity index (χ2n) is 11.9. The van der Waals surface area contributed by atoms with E-state index in [1.807, 2.05) is 82.3 Å².